The van der Waals surface area contributed by atoms with Crippen molar-refractivity contribution in [3.05, 3.63) is 33.8 Å². The first-order valence-electron chi connectivity index (χ1n) is 7.34. The molecule has 1 saturated carbocycles. The summed E-state index contributed by atoms with van der Waals surface area (Å²) in [6, 6.07) is 6.57. The number of nitrogens with two attached hydrogens (primary N) is 1. The molecule has 1 aromatic rings. The Kier molecular flexibility index (Phi) is 5.61. The van der Waals surface area contributed by atoms with Crippen LogP contribution in [0.5, 0.6) is 0 Å². The van der Waals surface area contributed by atoms with E-state index in [1.54, 1.807) is 0 Å². The second-order valence-electron chi connectivity index (χ2n) is 5.72. The van der Waals surface area contributed by atoms with Crippen molar-refractivity contribution >= 4 is 21.8 Å². The molecule has 20 heavy (non-hydrogen) atoms. The van der Waals surface area contributed by atoms with Gasteiger partial charge < -0.3 is 11.1 Å². The van der Waals surface area contributed by atoms with E-state index in [9.17, 15) is 4.79 Å². The van der Waals surface area contributed by atoms with Crippen LogP contribution < -0.4 is 11.1 Å². The molecule has 1 aliphatic rings. The zero-order valence-electron chi connectivity index (χ0n) is 12.0. The predicted molar refractivity (Wildman–Crippen MR) is 85.5 cm³/mol. The second-order valence-corrected chi connectivity index (χ2v) is 6.64. The fourth-order valence-electron chi connectivity index (χ4n) is 2.76. The van der Waals surface area contributed by atoms with Crippen LogP contribution in [0.3, 0.4) is 0 Å². The molecule has 0 heterocycles. The molecule has 0 unspecified atom stereocenters. The van der Waals surface area contributed by atoms with Gasteiger partial charge >= 0.3 is 0 Å². The van der Waals surface area contributed by atoms with Crippen molar-refractivity contribution in [2.75, 3.05) is 6.54 Å². The highest BCUT2D eigenvalue weighted by atomic mass is 79.9. The molecule has 4 heteroatoms. The van der Waals surface area contributed by atoms with Gasteiger partial charge in [-0.1, -0.05) is 22.0 Å². The molecule has 0 radical (unpaired) electrons. The number of carbonyl (C=O) groups excluding carboxylic acids is 1. The molecule has 0 aromatic heterocycles. The van der Waals surface area contributed by atoms with Gasteiger partial charge in [0, 0.05) is 23.0 Å². The Morgan fingerprint density at radius 1 is 1.35 bits per heavy atom. The van der Waals surface area contributed by atoms with Gasteiger partial charge in [0.2, 0.25) is 5.91 Å². The quantitative estimate of drug-likeness (QED) is 0.886. The molecule has 1 aliphatic carbocycles. The molecule has 0 spiro atoms. The Hall–Kier alpha value is -0.870. The molecule has 1 fully saturated rings. The molecular formula is C16H23BrN2O. The maximum atomic E-state index is 12.1. The van der Waals surface area contributed by atoms with Crippen molar-refractivity contribution in [3.8, 4) is 0 Å². The molecule has 110 valence electrons. The summed E-state index contributed by atoms with van der Waals surface area (Å²) in [7, 11) is 0. The molecule has 0 aliphatic heterocycles. The molecular weight excluding hydrogens is 316 g/mol. The number of aryl methyl sites for hydroxylation is 1. The first-order valence-corrected chi connectivity index (χ1v) is 8.14. The zero-order chi connectivity index (χ0) is 14.5. The Morgan fingerprint density at radius 3 is 2.75 bits per heavy atom. The van der Waals surface area contributed by atoms with Crippen LogP contribution in [0.4, 0.5) is 0 Å². The first-order chi connectivity index (χ1) is 9.56. The summed E-state index contributed by atoms with van der Waals surface area (Å²) in [4.78, 5) is 12.1. The van der Waals surface area contributed by atoms with Crippen molar-refractivity contribution in [1.82, 2.24) is 5.32 Å². The van der Waals surface area contributed by atoms with Gasteiger partial charge in [-0.25, -0.2) is 0 Å². The monoisotopic (exact) mass is 338 g/mol. The van der Waals surface area contributed by atoms with E-state index in [-0.39, 0.29) is 11.8 Å². The van der Waals surface area contributed by atoms with Crippen LogP contribution in [-0.4, -0.2) is 18.5 Å². The molecule has 1 amide bonds. The molecule has 3 N–H and O–H groups in total. The third kappa shape index (κ3) is 4.32. The van der Waals surface area contributed by atoms with Gasteiger partial charge in [0.15, 0.2) is 0 Å². The number of hydrogen-bond acceptors (Lipinski definition) is 2. The average Bonchev–Trinajstić information content (AvgIpc) is 2.43. The number of nitrogens with one attached hydrogen (secondary N) is 1. The smallest absolute Gasteiger partial charge is 0.223 e. The van der Waals surface area contributed by atoms with Crippen molar-refractivity contribution in [1.29, 1.82) is 0 Å². The van der Waals surface area contributed by atoms with E-state index in [1.165, 1.54) is 11.1 Å². The SMILES string of the molecule is Cc1ccc(Br)cc1CCNC(=O)C1CCC(N)CC1. The van der Waals surface area contributed by atoms with Crippen LogP contribution in [0.1, 0.15) is 36.8 Å². The van der Waals surface area contributed by atoms with Crippen LogP contribution in [0, 0.1) is 12.8 Å². The molecule has 0 atom stereocenters. The molecule has 1 aromatic carbocycles. The summed E-state index contributed by atoms with van der Waals surface area (Å²) in [5, 5.41) is 3.07. The van der Waals surface area contributed by atoms with Crippen molar-refractivity contribution in [2.45, 2.75) is 45.1 Å². The van der Waals surface area contributed by atoms with Crippen LogP contribution >= 0.6 is 15.9 Å². The topological polar surface area (TPSA) is 55.1 Å². The highest BCUT2D eigenvalue weighted by Gasteiger charge is 2.24. The standard InChI is InChI=1S/C16H23BrN2O/c1-11-2-5-14(17)10-13(11)8-9-19-16(20)12-3-6-15(18)7-4-12/h2,5,10,12,15H,3-4,6-9,18H2,1H3,(H,19,20). The van der Waals surface area contributed by atoms with Crippen LogP contribution in [0.15, 0.2) is 22.7 Å². The predicted octanol–water partition coefficient (Wildman–Crippen LogP) is 2.93. The maximum absolute atomic E-state index is 12.1. The molecule has 2 rings (SSSR count). The number of carbonyl (C=O) groups is 1. The van der Waals surface area contributed by atoms with E-state index < -0.39 is 0 Å². The number of hydrogen-bond donors (Lipinski definition) is 2. The highest BCUT2D eigenvalue weighted by molar-refractivity contribution is 9.10. The number of amides is 1. The van der Waals surface area contributed by atoms with E-state index >= 15 is 0 Å². The van der Waals surface area contributed by atoms with Crippen molar-refractivity contribution in [3.63, 3.8) is 0 Å². The lowest BCUT2D eigenvalue weighted by Gasteiger charge is -2.25. The Bertz CT molecular complexity index is 468. The maximum Gasteiger partial charge on any atom is 0.223 e. The summed E-state index contributed by atoms with van der Waals surface area (Å²) in [5.74, 6) is 0.364. The van der Waals surface area contributed by atoms with E-state index in [0.717, 1.165) is 36.6 Å². The Morgan fingerprint density at radius 2 is 2.05 bits per heavy atom. The highest BCUT2D eigenvalue weighted by Crippen LogP contribution is 2.23. The fourth-order valence-corrected chi connectivity index (χ4v) is 3.16. The average molecular weight is 339 g/mol. The van der Waals surface area contributed by atoms with Crippen molar-refractivity contribution in [2.24, 2.45) is 11.7 Å². The molecule has 0 bridgehead atoms. The Balaban J connectivity index is 1.78. The fraction of sp³-hybridized carbons (Fsp3) is 0.562. The minimum Gasteiger partial charge on any atom is -0.356 e. The summed E-state index contributed by atoms with van der Waals surface area (Å²) in [5.41, 5.74) is 8.42. The van der Waals surface area contributed by atoms with E-state index in [0.29, 0.717) is 12.6 Å². The van der Waals surface area contributed by atoms with Crippen LogP contribution in [0.25, 0.3) is 0 Å². The molecule has 3 nitrogen and oxygen atoms in total. The summed E-state index contributed by atoms with van der Waals surface area (Å²) < 4.78 is 1.09. The number of halogens is 1. The molecule has 0 saturated heterocycles. The van der Waals surface area contributed by atoms with E-state index in [1.807, 2.05) is 6.07 Å². The van der Waals surface area contributed by atoms with Gasteiger partial charge in [-0.3, -0.25) is 4.79 Å². The van der Waals surface area contributed by atoms with Crippen LogP contribution in [-0.2, 0) is 11.2 Å². The van der Waals surface area contributed by atoms with E-state index in [2.05, 4.69) is 40.3 Å². The minimum atomic E-state index is 0.165. The lowest BCUT2D eigenvalue weighted by Crippen LogP contribution is -2.37. The van der Waals surface area contributed by atoms with Gasteiger partial charge in [0.25, 0.3) is 0 Å². The summed E-state index contributed by atoms with van der Waals surface area (Å²) in [6.45, 7) is 2.81. The normalized spacial score (nSPS) is 22.6. The Labute approximate surface area is 129 Å². The summed E-state index contributed by atoms with van der Waals surface area (Å²) in [6.07, 6.45) is 4.70. The number of rotatable bonds is 4. The van der Waals surface area contributed by atoms with Gasteiger partial charge in [-0.05, 0) is 62.3 Å². The van der Waals surface area contributed by atoms with Gasteiger partial charge in [0.05, 0.1) is 0 Å². The number of benzene rings is 1. The van der Waals surface area contributed by atoms with Crippen LogP contribution in [0.2, 0.25) is 0 Å². The van der Waals surface area contributed by atoms with Crippen molar-refractivity contribution < 1.29 is 4.79 Å². The second kappa shape index (κ2) is 7.23. The summed E-state index contributed by atoms with van der Waals surface area (Å²) >= 11 is 3.49. The first kappa shape index (κ1) is 15.5. The minimum absolute atomic E-state index is 0.165. The lowest BCUT2D eigenvalue weighted by molar-refractivity contribution is -0.125. The van der Waals surface area contributed by atoms with Gasteiger partial charge in [-0.2, -0.15) is 0 Å². The third-order valence-electron chi connectivity index (χ3n) is 4.15. The lowest BCUT2D eigenvalue weighted by atomic mass is 9.86. The van der Waals surface area contributed by atoms with Gasteiger partial charge in [0.1, 0.15) is 0 Å². The van der Waals surface area contributed by atoms with E-state index in [4.69, 9.17) is 5.73 Å². The largest absolute Gasteiger partial charge is 0.356 e. The zero-order valence-corrected chi connectivity index (χ0v) is 13.6. The van der Waals surface area contributed by atoms with Gasteiger partial charge in [-0.15, -0.1) is 0 Å². The third-order valence-corrected chi connectivity index (χ3v) is 4.64.